The molecule has 4 aromatic carbocycles. The van der Waals surface area contributed by atoms with Crippen molar-refractivity contribution in [1.29, 1.82) is 0 Å². The number of nitro benzene ring substituents is 3. The molecule has 4 aromatic rings. The van der Waals surface area contributed by atoms with Gasteiger partial charge in [0.2, 0.25) is 6.79 Å². The third-order valence-corrected chi connectivity index (χ3v) is 12.6. The number of ether oxygens (including phenoxy) is 3. The van der Waals surface area contributed by atoms with Crippen LogP contribution in [0.5, 0.6) is 0 Å². The SMILES string of the molecule is C[N+](CCCCOC(=O)OCOC(=O)C[N+]1(Cc2ccc([N+](=O)[O-])cc2)CCCCC1)(Cc1ccccc1)Cc1ccc([N+](=O)[O-])cc1.O=C([O-])C[N+]1(Cc2ccc([N+](=O)[O-])cc2)CCCCC1.[2H]CF.[Br-].[Na+]. The van der Waals surface area contributed by atoms with Gasteiger partial charge >= 0.3 is 41.7 Å². The summed E-state index contributed by atoms with van der Waals surface area (Å²) in [7, 11) is 1.14. The van der Waals surface area contributed by atoms with E-state index in [2.05, 4.69) is 19.2 Å². The second kappa shape index (κ2) is 31.9. The number of esters is 1. The van der Waals surface area contributed by atoms with Crippen LogP contribution in [-0.4, -0.2) is 120 Å². The zero-order valence-corrected chi connectivity index (χ0v) is 44.7. The van der Waals surface area contributed by atoms with Gasteiger partial charge in [0.1, 0.15) is 32.7 Å². The Bertz CT molecular complexity index is 2330. The summed E-state index contributed by atoms with van der Waals surface area (Å²) in [5, 5.41) is 43.7. The predicted octanol–water partition coefficient (Wildman–Crippen LogP) is 1.72. The van der Waals surface area contributed by atoms with Crippen molar-refractivity contribution in [3.8, 4) is 0 Å². The van der Waals surface area contributed by atoms with Crippen LogP contribution in [0, 0.1) is 30.3 Å². The van der Waals surface area contributed by atoms with Crippen LogP contribution in [0.25, 0.3) is 0 Å². The number of carboxylic acid groups (broad SMARTS) is 1. The zero-order valence-electron chi connectivity index (χ0n) is 42.1. The summed E-state index contributed by atoms with van der Waals surface area (Å²) in [5.41, 5.74) is 4.14. The first-order valence-electron chi connectivity index (χ1n) is 24.0. The number of nitrogens with zero attached hydrogens (tertiary/aromatic N) is 6. The van der Waals surface area contributed by atoms with Gasteiger partial charge in [-0.05, 0) is 87.8 Å². The van der Waals surface area contributed by atoms with E-state index in [9.17, 15) is 54.2 Å². The van der Waals surface area contributed by atoms with Crippen molar-refractivity contribution in [2.24, 2.45) is 0 Å². The van der Waals surface area contributed by atoms with Crippen molar-refractivity contribution in [2.75, 3.05) is 73.4 Å². The molecule has 6 rings (SSSR count). The number of halogens is 2. The molecular weight excluding hydrogens is 1010 g/mol. The Kier molecular flexibility index (Phi) is 27.0. The van der Waals surface area contributed by atoms with Crippen LogP contribution in [0.1, 0.15) is 75.0 Å². The van der Waals surface area contributed by atoms with Crippen molar-refractivity contribution in [2.45, 2.75) is 77.5 Å². The third-order valence-electron chi connectivity index (χ3n) is 12.6. The number of nitro groups is 3. The van der Waals surface area contributed by atoms with Crippen LogP contribution in [0.3, 0.4) is 0 Å². The topological polar surface area (TPSA) is 231 Å². The monoisotopic (exact) mass is 1080 g/mol. The standard InChI is InChI=1S/C35H44N4O9.C14H18N2O4.CH3F.BrH.Na/c1-38(24-29-10-4-2-5-11-29,25-30-12-16-32(17-13-30)36(42)43)20-8-9-23-46-35(41)48-28-47-34(40)27-39(21-6-3-7-22-39)26-31-14-18-33(19-15-31)37(44)45;17-14(18)11-16(8-2-1-3-9-16)10-12-4-6-13(7-5-12)15(19)20;1-2;;/h2,4-5,10-19H,3,6-9,20-28H2,1H3;4-7H,1-3,8-11H2;1H3;1H;/q+2;;;;+1/p-1/i;;1D;;. The molecule has 0 spiro atoms. The molecule has 1 unspecified atom stereocenters. The second-order valence-electron chi connectivity index (χ2n) is 18.2. The fraction of sp³-hybridized carbons (Fsp3) is 0.460. The number of hydrogen-bond acceptors (Lipinski definition) is 13. The number of quaternary nitrogens is 3. The van der Waals surface area contributed by atoms with Crippen molar-refractivity contribution in [3.05, 3.63) is 156 Å². The van der Waals surface area contributed by atoms with E-state index in [4.69, 9.17) is 15.6 Å². The molecule has 0 bridgehead atoms. The van der Waals surface area contributed by atoms with Crippen LogP contribution < -0.4 is 51.6 Å². The van der Waals surface area contributed by atoms with E-state index in [1.54, 1.807) is 36.4 Å². The first kappa shape index (κ1) is 60.9. The van der Waals surface area contributed by atoms with E-state index in [0.29, 0.717) is 39.5 Å². The van der Waals surface area contributed by atoms with Crippen LogP contribution in [-0.2, 0) is 50.0 Å². The van der Waals surface area contributed by atoms with E-state index in [-0.39, 0.29) is 83.3 Å². The smallest absolute Gasteiger partial charge is 1.00 e. The molecule has 0 N–H and O–H groups in total. The Balaban J connectivity index is 0.000000608. The quantitative estimate of drug-likeness (QED) is 0.0208. The first-order valence-corrected chi connectivity index (χ1v) is 23.3. The predicted molar refractivity (Wildman–Crippen MR) is 254 cm³/mol. The number of carbonyl (C=O) groups excluding carboxylic acids is 3. The van der Waals surface area contributed by atoms with E-state index < -0.39 is 46.8 Å². The molecule has 72 heavy (non-hydrogen) atoms. The summed E-state index contributed by atoms with van der Waals surface area (Å²) in [6.07, 6.45) is 6.61. The maximum absolute atomic E-state index is 12.7. The summed E-state index contributed by atoms with van der Waals surface area (Å²) < 4.78 is 32.6. The minimum Gasteiger partial charge on any atom is -1.00 e. The van der Waals surface area contributed by atoms with Gasteiger partial charge in [-0.2, -0.15) is 0 Å². The molecule has 19 nitrogen and oxygen atoms in total. The van der Waals surface area contributed by atoms with Gasteiger partial charge in [0.25, 0.3) is 17.1 Å². The number of likely N-dealkylation sites (tertiary alicyclic amines) is 2. The van der Waals surface area contributed by atoms with Crippen LogP contribution in [0.2, 0.25) is 0 Å². The Hall–Kier alpha value is -5.42. The van der Waals surface area contributed by atoms with Crippen LogP contribution >= 0.6 is 0 Å². The number of hydrogen-bond donors (Lipinski definition) is 0. The van der Waals surface area contributed by atoms with Gasteiger partial charge in [-0.1, -0.05) is 30.3 Å². The number of benzene rings is 4. The van der Waals surface area contributed by atoms with E-state index >= 15 is 0 Å². The molecule has 2 aliphatic heterocycles. The third kappa shape index (κ3) is 21.7. The van der Waals surface area contributed by atoms with E-state index in [1.807, 2.05) is 18.2 Å². The van der Waals surface area contributed by atoms with Crippen LogP contribution in [0.15, 0.2) is 103 Å². The Morgan fingerprint density at radius 1 is 0.611 bits per heavy atom. The van der Waals surface area contributed by atoms with Crippen LogP contribution in [0.4, 0.5) is 26.2 Å². The number of carbonyl (C=O) groups is 3. The Labute approximate surface area is 453 Å². The molecule has 2 heterocycles. The molecule has 22 heteroatoms. The fourth-order valence-corrected chi connectivity index (χ4v) is 9.26. The number of aliphatic carboxylic acids is 1. The molecule has 2 aliphatic rings. The van der Waals surface area contributed by atoms with Crippen molar-refractivity contribution >= 4 is 35.2 Å². The molecule has 0 saturated carbocycles. The minimum absolute atomic E-state index is 0. The number of carboxylic acids is 1. The van der Waals surface area contributed by atoms with E-state index in [0.717, 1.165) is 101 Å². The van der Waals surface area contributed by atoms with Crippen molar-refractivity contribution < 1.29 is 114 Å². The molecule has 0 radical (unpaired) electrons. The molecule has 0 aliphatic carbocycles. The minimum atomic E-state index is -1.03. The molecule has 0 aromatic heterocycles. The van der Waals surface area contributed by atoms with Gasteiger partial charge in [-0.15, -0.1) is 0 Å². The fourth-order valence-electron chi connectivity index (χ4n) is 9.26. The summed E-state index contributed by atoms with van der Waals surface area (Å²) in [5.74, 6) is -1.52. The van der Waals surface area contributed by atoms with Gasteiger partial charge in [0.15, 0.2) is 6.54 Å². The second-order valence-corrected chi connectivity index (χ2v) is 18.2. The number of non-ortho nitro benzene ring substituents is 3. The number of alkyl halides is 1. The summed E-state index contributed by atoms with van der Waals surface area (Å²) in [6.45, 7) is 6.29. The van der Waals surface area contributed by atoms with E-state index in [1.165, 1.54) is 42.0 Å². The van der Waals surface area contributed by atoms with Crippen molar-refractivity contribution in [3.63, 3.8) is 0 Å². The number of piperidine rings is 2. The molecular formula is C50H65BrFN6NaO13+2. The van der Waals surface area contributed by atoms with Gasteiger partial charge in [-0.25, -0.2) is 9.59 Å². The number of rotatable bonds is 22. The van der Waals surface area contributed by atoms with Crippen molar-refractivity contribution in [1.82, 2.24) is 0 Å². The Morgan fingerprint density at radius 2 is 1.01 bits per heavy atom. The summed E-state index contributed by atoms with van der Waals surface area (Å²) in [4.78, 5) is 67.3. The molecule has 386 valence electrons. The average Bonchev–Trinajstić information content (AvgIpc) is 3.33. The number of unbranched alkanes of at least 4 members (excludes halogenated alkanes) is 1. The molecule has 1 atom stereocenters. The normalized spacial score (nSPS) is 15.2. The summed E-state index contributed by atoms with van der Waals surface area (Å²) in [6, 6.07) is 29.5. The van der Waals surface area contributed by atoms with Gasteiger partial charge in [0, 0.05) is 58.7 Å². The van der Waals surface area contributed by atoms with Gasteiger partial charge < -0.3 is 54.5 Å². The molecule has 0 amide bonds. The average molecular weight is 1080 g/mol. The summed E-state index contributed by atoms with van der Waals surface area (Å²) >= 11 is 0. The maximum atomic E-state index is 12.7. The van der Waals surface area contributed by atoms with Gasteiger partial charge in [-0.3, -0.25) is 34.7 Å². The largest absolute Gasteiger partial charge is 1.00 e. The maximum Gasteiger partial charge on any atom is 1.00 e. The molecule has 2 fully saturated rings. The first-order chi connectivity index (χ1) is 34.0. The van der Waals surface area contributed by atoms with Gasteiger partial charge in [0.05, 0.1) is 75.6 Å². The zero-order chi connectivity index (χ0) is 51.7. The molecule has 2 saturated heterocycles. The Morgan fingerprint density at radius 3 is 1.43 bits per heavy atom.